The molecule has 4 heteroatoms. The maximum atomic E-state index is 5.04. The molecule has 10 aromatic rings. The number of fused-ring (bicyclic) bond motifs is 4. The van der Waals surface area contributed by atoms with Crippen LogP contribution in [0.4, 0.5) is 0 Å². The highest BCUT2D eigenvalue weighted by molar-refractivity contribution is 6.13. The minimum absolute atomic E-state index is 0.636. The summed E-state index contributed by atoms with van der Waals surface area (Å²) in [7, 11) is 0. The van der Waals surface area contributed by atoms with Crippen molar-refractivity contribution in [3.63, 3.8) is 0 Å². The van der Waals surface area contributed by atoms with Crippen LogP contribution in [0.1, 0.15) is 0 Å². The number of para-hydroxylation sites is 1. The van der Waals surface area contributed by atoms with E-state index in [9.17, 15) is 0 Å². The lowest BCUT2D eigenvalue weighted by Gasteiger charge is -2.12. The molecule has 0 radical (unpaired) electrons. The predicted octanol–water partition coefficient (Wildman–Crippen LogP) is 12.5. The van der Waals surface area contributed by atoms with Gasteiger partial charge in [-0.15, -0.1) is 0 Å². The largest absolute Gasteiger partial charge is 0.309 e. The molecule has 0 aliphatic carbocycles. The molecule has 0 bridgehead atoms. The fourth-order valence-corrected chi connectivity index (χ4v) is 7.39. The van der Waals surface area contributed by atoms with Crippen LogP contribution in [0.2, 0.25) is 0 Å². The topological polar surface area (TPSA) is 43.6 Å². The highest BCUT2D eigenvalue weighted by atomic mass is 15.0. The van der Waals surface area contributed by atoms with E-state index in [4.69, 9.17) is 15.0 Å². The van der Waals surface area contributed by atoms with E-state index in [1.165, 1.54) is 32.6 Å². The van der Waals surface area contributed by atoms with Crippen LogP contribution in [0.5, 0.6) is 0 Å². The summed E-state index contributed by atoms with van der Waals surface area (Å²) in [6.45, 7) is 0. The molecule has 4 nitrogen and oxygen atoms in total. The number of benzene rings is 8. The Morgan fingerprint density at radius 3 is 1.51 bits per heavy atom. The van der Waals surface area contributed by atoms with Gasteiger partial charge >= 0.3 is 0 Å². The fourth-order valence-electron chi connectivity index (χ4n) is 7.39. The Kier molecular flexibility index (Phi) is 7.43. The van der Waals surface area contributed by atoms with E-state index in [1.54, 1.807) is 0 Å². The van der Waals surface area contributed by atoms with Crippen molar-refractivity contribution in [1.82, 2.24) is 19.5 Å². The van der Waals surface area contributed by atoms with E-state index in [-0.39, 0.29) is 0 Å². The van der Waals surface area contributed by atoms with E-state index in [0.717, 1.165) is 44.6 Å². The zero-order valence-electron chi connectivity index (χ0n) is 28.8. The first-order chi connectivity index (χ1) is 26.2. The molecular formula is C49H32N4. The molecule has 0 fully saturated rings. The van der Waals surface area contributed by atoms with E-state index in [2.05, 4.69) is 162 Å². The number of nitrogens with zero attached hydrogens (tertiary/aromatic N) is 4. The van der Waals surface area contributed by atoms with Crippen molar-refractivity contribution in [3.8, 4) is 62.1 Å². The third-order valence-electron chi connectivity index (χ3n) is 10.0. The number of rotatable bonds is 6. The second kappa shape index (κ2) is 12.9. The molecule has 0 amide bonds. The predicted molar refractivity (Wildman–Crippen MR) is 219 cm³/mol. The first-order valence-corrected chi connectivity index (χ1v) is 17.9. The lowest BCUT2D eigenvalue weighted by Crippen LogP contribution is -2.00. The quantitative estimate of drug-likeness (QED) is 0.176. The van der Waals surface area contributed by atoms with Gasteiger partial charge in [-0.1, -0.05) is 158 Å². The summed E-state index contributed by atoms with van der Waals surface area (Å²) in [5, 5.41) is 4.99. The van der Waals surface area contributed by atoms with Crippen LogP contribution in [0.15, 0.2) is 194 Å². The van der Waals surface area contributed by atoms with Gasteiger partial charge in [0.15, 0.2) is 17.5 Å². The van der Waals surface area contributed by atoms with Gasteiger partial charge in [0.2, 0.25) is 0 Å². The van der Waals surface area contributed by atoms with Gasteiger partial charge in [0.05, 0.1) is 11.0 Å². The molecule has 0 spiro atoms. The molecule has 2 aromatic heterocycles. The van der Waals surface area contributed by atoms with Crippen LogP contribution in [-0.4, -0.2) is 19.5 Å². The Morgan fingerprint density at radius 1 is 0.283 bits per heavy atom. The summed E-state index contributed by atoms with van der Waals surface area (Å²) in [5.74, 6) is 1.92. The van der Waals surface area contributed by atoms with Gasteiger partial charge in [-0.2, -0.15) is 0 Å². The average Bonchev–Trinajstić information content (AvgIpc) is 3.56. The van der Waals surface area contributed by atoms with Crippen molar-refractivity contribution in [3.05, 3.63) is 194 Å². The zero-order chi connectivity index (χ0) is 35.1. The van der Waals surface area contributed by atoms with Gasteiger partial charge in [0.25, 0.3) is 0 Å². The smallest absolute Gasteiger partial charge is 0.164 e. The first kappa shape index (κ1) is 30.6. The summed E-state index contributed by atoms with van der Waals surface area (Å²) in [6, 6.07) is 68.2. The highest BCUT2D eigenvalue weighted by Crippen LogP contribution is 2.36. The molecule has 2 heterocycles. The van der Waals surface area contributed by atoms with Gasteiger partial charge in [-0.25, -0.2) is 15.0 Å². The maximum Gasteiger partial charge on any atom is 0.164 e. The summed E-state index contributed by atoms with van der Waals surface area (Å²) in [4.78, 5) is 15.0. The normalized spacial score (nSPS) is 11.4. The lowest BCUT2D eigenvalue weighted by molar-refractivity contribution is 1.07. The molecule has 0 N–H and O–H groups in total. The summed E-state index contributed by atoms with van der Waals surface area (Å²) >= 11 is 0. The van der Waals surface area contributed by atoms with Crippen LogP contribution in [0, 0.1) is 0 Å². The monoisotopic (exact) mass is 676 g/mol. The number of hydrogen-bond donors (Lipinski definition) is 0. The molecule has 0 atom stereocenters. The van der Waals surface area contributed by atoms with Gasteiger partial charge in [-0.3, -0.25) is 0 Å². The zero-order valence-corrected chi connectivity index (χ0v) is 28.8. The second-order valence-corrected chi connectivity index (χ2v) is 13.3. The Hall–Kier alpha value is -7.17. The van der Waals surface area contributed by atoms with Crippen molar-refractivity contribution in [2.24, 2.45) is 0 Å². The van der Waals surface area contributed by atoms with Crippen molar-refractivity contribution in [2.75, 3.05) is 0 Å². The van der Waals surface area contributed by atoms with Crippen LogP contribution >= 0.6 is 0 Å². The molecule has 248 valence electrons. The van der Waals surface area contributed by atoms with Crippen molar-refractivity contribution < 1.29 is 0 Å². The second-order valence-electron chi connectivity index (χ2n) is 13.3. The minimum Gasteiger partial charge on any atom is -0.309 e. The molecule has 0 saturated carbocycles. The van der Waals surface area contributed by atoms with Gasteiger partial charge in [-0.05, 0) is 69.4 Å². The van der Waals surface area contributed by atoms with Crippen LogP contribution in [0.25, 0.3) is 94.7 Å². The molecule has 53 heavy (non-hydrogen) atoms. The highest BCUT2D eigenvalue weighted by Gasteiger charge is 2.16. The van der Waals surface area contributed by atoms with Gasteiger partial charge in [0, 0.05) is 33.2 Å². The maximum absolute atomic E-state index is 5.04. The van der Waals surface area contributed by atoms with Crippen LogP contribution in [0.3, 0.4) is 0 Å². The molecule has 10 rings (SSSR count). The fraction of sp³-hybridized carbons (Fsp3) is 0. The van der Waals surface area contributed by atoms with E-state index < -0.39 is 0 Å². The molecule has 0 aliphatic heterocycles. The molecule has 0 aliphatic rings. The third-order valence-corrected chi connectivity index (χ3v) is 10.0. The van der Waals surface area contributed by atoms with E-state index in [1.807, 2.05) is 36.4 Å². The van der Waals surface area contributed by atoms with Crippen molar-refractivity contribution >= 4 is 32.6 Å². The number of aromatic nitrogens is 4. The molecule has 8 aromatic carbocycles. The Morgan fingerprint density at radius 2 is 0.774 bits per heavy atom. The molecular weight excluding hydrogens is 645 g/mol. The molecule has 0 saturated heterocycles. The van der Waals surface area contributed by atoms with Crippen molar-refractivity contribution in [1.29, 1.82) is 0 Å². The first-order valence-electron chi connectivity index (χ1n) is 17.9. The Balaban J connectivity index is 1.04. The summed E-state index contributed by atoms with van der Waals surface area (Å²) in [6.07, 6.45) is 0. The van der Waals surface area contributed by atoms with E-state index >= 15 is 0 Å². The van der Waals surface area contributed by atoms with Crippen molar-refractivity contribution in [2.45, 2.75) is 0 Å². The van der Waals surface area contributed by atoms with Gasteiger partial charge in [0.1, 0.15) is 0 Å². The summed E-state index contributed by atoms with van der Waals surface area (Å²) < 4.78 is 2.39. The summed E-state index contributed by atoms with van der Waals surface area (Å²) in [5.41, 5.74) is 10.9. The van der Waals surface area contributed by atoms with Gasteiger partial charge < -0.3 is 4.57 Å². The minimum atomic E-state index is 0.636. The standard InChI is InChI=1S/C49H32N4/c1-3-13-33(14-4-1)37-19-11-21-41(29-37)49-51-47(35-15-5-2-6-16-35)50-48(52-49)36-27-25-34(26-28-36)38-20-12-22-42(30-38)53-45-24-10-9-23-43(45)44-31-39-17-7-8-18-40(39)32-46(44)53/h1-32H. The lowest BCUT2D eigenvalue weighted by atomic mass is 10.0. The van der Waals surface area contributed by atoms with E-state index in [0.29, 0.717) is 17.5 Å². The van der Waals surface area contributed by atoms with Crippen LogP contribution in [-0.2, 0) is 0 Å². The van der Waals surface area contributed by atoms with Crippen LogP contribution < -0.4 is 0 Å². The average molecular weight is 677 g/mol. The SMILES string of the molecule is c1ccc(-c2cccc(-c3nc(-c4ccccc4)nc(-c4ccc(-c5cccc(-n6c7ccccc7c7cc8ccccc8cc76)c5)cc4)n3)c2)cc1. The molecule has 0 unspecified atom stereocenters. The third kappa shape index (κ3) is 5.63. The Bertz CT molecular complexity index is 2930. The Labute approximate surface area is 307 Å². The number of hydrogen-bond acceptors (Lipinski definition) is 3.